The molecule has 1 aromatic rings. The number of carbonyl (C=O) groups excluding carboxylic acids is 1. The normalized spacial score (nSPS) is 10.5. The predicted molar refractivity (Wildman–Crippen MR) is 47.0 cm³/mol. The van der Waals surface area contributed by atoms with Crippen LogP contribution in [0.5, 0.6) is 0 Å². The van der Waals surface area contributed by atoms with Crippen LogP contribution >= 0.6 is 15.9 Å². The highest BCUT2D eigenvalue weighted by molar-refractivity contribution is 9.10. The molecule has 0 aromatic carbocycles. The molecule has 0 N–H and O–H groups in total. The van der Waals surface area contributed by atoms with Gasteiger partial charge in [0, 0.05) is 4.47 Å². The number of rotatable bonds is 2. The largest absolute Gasteiger partial charge is 0.296 e. The van der Waals surface area contributed by atoms with Crippen molar-refractivity contribution in [2.24, 2.45) is 0 Å². The molecule has 0 spiro atoms. The molecule has 5 heteroatoms. The van der Waals surface area contributed by atoms with E-state index >= 15 is 0 Å². The van der Waals surface area contributed by atoms with Crippen molar-refractivity contribution in [1.29, 1.82) is 0 Å². The summed E-state index contributed by atoms with van der Waals surface area (Å²) in [6, 6.07) is 1.25. The van der Waals surface area contributed by atoms with Gasteiger partial charge in [0.1, 0.15) is 11.4 Å². The molecule has 0 radical (unpaired) electrons. The van der Waals surface area contributed by atoms with Crippen LogP contribution in [0.4, 0.5) is 8.78 Å². The Morgan fingerprint density at radius 2 is 2.23 bits per heavy atom. The summed E-state index contributed by atoms with van der Waals surface area (Å²) in [6.07, 6.45) is -2.20. The van der Waals surface area contributed by atoms with Gasteiger partial charge < -0.3 is 0 Å². The van der Waals surface area contributed by atoms with Gasteiger partial charge >= 0.3 is 0 Å². The number of aromatic nitrogens is 1. The Morgan fingerprint density at radius 1 is 1.62 bits per heavy atom. The van der Waals surface area contributed by atoms with E-state index in [1.807, 2.05) is 0 Å². The number of aryl methyl sites for hydroxylation is 1. The summed E-state index contributed by atoms with van der Waals surface area (Å²) in [4.78, 5) is 13.9. The molecule has 0 amide bonds. The first-order valence-electron chi connectivity index (χ1n) is 3.46. The molecule has 70 valence electrons. The maximum absolute atomic E-state index is 12.2. The highest BCUT2D eigenvalue weighted by Gasteiger charge is 2.13. The SMILES string of the molecule is Cc1cc(C(F)F)nc(C=O)c1Br. The number of nitrogens with zero attached hydrogens (tertiary/aromatic N) is 1. The zero-order chi connectivity index (χ0) is 10.0. The first-order valence-corrected chi connectivity index (χ1v) is 4.26. The highest BCUT2D eigenvalue weighted by atomic mass is 79.9. The molecule has 0 aliphatic rings. The van der Waals surface area contributed by atoms with Gasteiger partial charge in [0.25, 0.3) is 6.43 Å². The van der Waals surface area contributed by atoms with Crippen molar-refractivity contribution in [3.63, 3.8) is 0 Å². The number of carbonyl (C=O) groups is 1. The molecule has 2 nitrogen and oxygen atoms in total. The second-order valence-electron chi connectivity index (χ2n) is 2.48. The van der Waals surface area contributed by atoms with Crippen molar-refractivity contribution in [2.45, 2.75) is 13.3 Å². The van der Waals surface area contributed by atoms with Crippen molar-refractivity contribution in [3.8, 4) is 0 Å². The third kappa shape index (κ3) is 2.09. The summed E-state index contributed by atoms with van der Waals surface area (Å²) in [5, 5.41) is 0. The molecular formula is C8H6BrF2NO. The molecular weight excluding hydrogens is 244 g/mol. The Morgan fingerprint density at radius 3 is 2.69 bits per heavy atom. The molecule has 1 heterocycles. The van der Waals surface area contributed by atoms with Gasteiger partial charge in [-0.3, -0.25) is 4.79 Å². The van der Waals surface area contributed by atoms with Gasteiger partial charge in [-0.2, -0.15) is 0 Å². The molecule has 0 saturated carbocycles. The smallest absolute Gasteiger partial charge is 0.280 e. The van der Waals surface area contributed by atoms with Gasteiger partial charge in [0.05, 0.1) is 0 Å². The van der Waals surface area contributed by atoms with Gasteiger partial charge in [-0.15, -0.1) is 0 Å². The first-order chi connectivity index (χ1) is 6.06. The first kappa shape index (κ1) is 10.2. The van der Waals surface area contributed by atoms with Gasteiger partial charge in [-0.1, -0.05) is 0 Å². The molecule has 0 bridgehead atoms. The number of halogens is 3. The number of alkyl halides is 2. The second-order valence-corrected chi connectivity index (χ2v) is 3.27. The molecule has 13 heavy (non-hydrogen) atoms. The molecule has 0 unspecified atom stereocenters. The lowest BCUT2D eigenvalue weighted by atomic mass is 10.2. The third-order valence-corrected chi connectivity index (χ3v) is 2.55. The molecule has 0 aliphatic carbocycles. The van der Waals surface area contributed by atoms with Crippen LogP contribution in [0.3, 0.4) is 0 Å². The summed E-state index contributed by atoms with van der Waals surface area (Å²) in [7, 11) is 0. The predicted octanol–water partition coefficient (Wildman–Crippen LogP) is 2.90. The Hall–Kier alpha value is -0.840. The summed E-state index contributed by atoms with van der Waals surface area (Å²) in [6.45, 7) is 1.63. The van der Waals surface area contributed by atoms with Crippen LogP contribution in [0.25, 0.3) is 0 Å². The Bertz CT molecular complexity index is 341. The number of pyridine rings is 1. The van der Waals surface area contributed by atoms with Crippen LogP contribution < -0.4 is 0 Å². The quantitative estimate of drug-likeness (QED) is 0.755. The van der Waals surface area contributed by atoms with E-state index in [0.29, 0.717) is 16.3 Å². The molecule has 0 fully saturated rings. The maximum atomic E-state index is 12.2. The third-order valence-electron chi connectivity index (χ3n) is 1.52. The highest BCUT2D eigenvalue weighted by Crippen LogP contribution is 2.24. The van der Waals surface area contributed by atoms with Crippen molar-refractivity contribution in [1.82, 2.24) is 4.98 Å². The van der Waals surface area contributed by atoms with Crippen molar-refractivity contribution in [2.75, 3.05) is 0 Å². The lowest BCUT2D eigenvalue weighted by Gasteiger charge is -2.04. The van der Waals surface area contributed by atoms with Gasteiger partial charge in [-0.05, 0) is 34.5 Å². The van der Waals surface area contributed by atoms with E-state index in [2.05, 4.69) is 20.9 Å². The van der Waals surface area contributed by atoms with Gasteiger partial charge in [-0.25, -0.2) is 13.8 Å². The van der Waals surface area contributed by atoms with Gasteiger partial charge in [0.15, 0.2) is 6.29 Å². The minimum Gasteiger partial charge on any atom is -0.296 e. The van der Waals surface area contributed by atoms with Crippen LogP contribution in [-0.4, -0.2) is 11.3 Å². The average Bonchev–Trinajstić information content (AvgIpc) is 2.09. The van der Waals surface area contributed by atoms with Crippen LogP contribution in [0, 0.1) is 6.92 Å². The summed E-state index contributed by atoms with van der Waals surface area (Å²) < 4.78 is 24.9. The summed E-state index contributed by atoms with van der Waals surface area (Å²) in [5.74, 6) is 0. The summed E-state index contributed by atoms with van der Waals surface area (Å²) >= 11 is 3.08. The minimum atomic E-state index is -2.65. The van der Waals surface area contributed by atoms with E-state index in [1.54, 1.807) is 6.92 Å². The van der Waals surface area contributed by atoms with E-state index in [1.165, 1.54) is 6.07 Å². The monoisotopic (exact) mass is 249 g/mol. The van der Waals surface area contributed by atoms with Crippen LogP contribution in [0.1, 0.15) is 28.2 Å². The molecule has 1 aromatic heterocycles. The fourth-order valence-electron chi connectivity index (χ4n) is 0.898. The Balaban J connectivity index is 3.30. The van der Waals surface area contributed by atoms with Crippen LogP contribution in [-0.2, 0) is 0 Å². The van der Waals surface area contributed by atoms with E-state index in [9.17, 15) is 13.6 Å². The number of hydrogen-bond donors (Lipinski definition) is 0. The van der Waals surface area contributed by atoms with E-state index in [0.717, 1.165) is 0 Å². The molecule has 0 aliphatic heterocycles. The zero-order valence-electron chi connectivity index (χ0n) is 6.72. The van der Waals surface area contributed by atoms with Crippen molar-refractivity contribution in [3.05, 3.63) is 27.5 Å². The standard InChI is InChI=1S/C8H6BrF2NO/c1-4-2-5(8(10)11)12-6(3-13)7(4)9/h2-3,8H,1H3. The van der Waals surface area contributed by atoms with E-state index in [-0.39, 0.29) is 11.4 Å². The fraction of sp³-hybridized carbons (Fsp3) is 0.250. The summed E-state index contributed by atoms with van der Waals surface area (Å²) in [5.41, 5.74) is 0.213. The van der Waals surface area contributed by atoms with E-state index in [4.69, 9.17) is 0 Å². The maximum Gasteiger partial charge on any atom is 0.280 e. The molecule has 0 saturated heterocycles. The van der Waals surface area contributed by atoms with Gasteiger partial charge in [0.2, 0.25) is 0 Å². The van der Waals surface area contributed by atoms with E-state index < -0.39 is 6.43 Å². The Kier molecular flexibility index (Phi) is 3.08. The topological polar surface area (TPSA) is 30.0 Å². The lowest BCUT2D eigenvalue weighted by Crippen LogP contribution is -1.98. The van der Waals surface area contributed by atoms with Crippen LogP contribution in [0.2, 0.25) is 0 Å². The average molecular weight is 250 g/mol. The molecule has 0 atom stereocenters. The lowest BCUT2D eigenvalue weighted by molar-refractivity contribution is 0.111. The number of aldehydes is 1. The Labute approximate surface area is 82.1 Å². The zero-order valence-corrected chi connectivity index (χ0v) is 8.31. The fourth-order valence-corrected chi connectivity index (χ4v) is 1.19. The molecule has 1 rings (SSSR count). The van der Waals surface area contributed by atoms with Crippen LogP contribution in [0.15, 0.2) is 10.5 Å². The number of hydrogen-bond acceptors (Lipinski definition) is 2. The van der Waals surface area contributed by atoms with Crippen molar-refractivity contribution < 1.29 is 13.6 Å². The minimum absolute atomic E-state index is 0.00954. The second kappa shape index (κ2) is 3.91. The van der Waals surface area contributed by atoms with Crippen molar-refractivity contribution >= 4 is 22.2 Å².